The Morgan fingerprint density at radius 3 is 2.95 bits per heavy atom. The molecule has 0 bridgehead atoms. The van der Waals surface area contributed by atoms with Gasteiger partial charge in [-0.25, -0.2) is 18.6 Å². The summed E-state index contributed by atoms with van der Waals surface area (Å²) in [6.45, 7) is 0. The van der Waals surface area contributed by atoms with Gasteiger partial charge in [-0.1, -0.05) is 23.9 Å². The van der Waals surface area contributed by atoms with Crippen molar-refractivity contribution in [2.75, 3.05) is 5.73 Å². The summed E-state index contributed by atoms with van der Waals surface area (Å²) >= 11 is 1.88. The first kappa shape index (κ1) is 14.0. The number of anilines is 1. The monoisotopic (exact) mass is 327 g/mol. The summed E-state index contributed by atoms with van der Waals surface area (Å²) in [7, 11) is 0. The lowest BCUT2D eigenvalue weighted by atomic mass is 10.2. The molecule has 9 heteroatoms. The molecule has 0 atom stereocenters. The van der Waals surface area contributed by atoms with Gasteiger partial charge >= 0.3 is 4.94 Å². The van der Waals surface area contributed by atoms with Crippen molar-refractivity contribution in [2.45, 2.75) is 10.9 Å². The second-order valence-electron chi connectivity index (χ2n) is 3.98. The molecule has 21 heavy (non-hydrogen) atoms. The smallest absolute Gasteiger partial charge is 0.395 e. The topological polar surface area (TPSA) is 82.0 Å². The van der Waals surface area contributed by atoms with E-state index in [1.54, 1.807) is 0 Å². The van der Waals surface area contributed by atoms with Gasteiger partial charge in [0.05, 0.1) is 0 Å². The molecule has 0 amide bonds. The second kappa shape index (κ2) is 5.41. The number of rotatable bonds is 3. The van der Waals surface area contributed by atoms with Crippen molar-refractivity contribution in [2.24, 2.45) is 0 Å². The van der Waals surface area contributed by atoms with Crippen LogP contribution in [0, 0.1) is 11.6 Å². The first-order chi connectivity index (χ1) is 10.0. The molecule has 0 saturated heterocycles. The fraction of sp³-hybridized carbons (Fsp3) is 0.0833. The van der Waals surface area contributed by atoms with Crippen molar-refractivity contribution in [3.8, 4) is 0 Å². The Balaban J connectivity index is 1.88. The van der Waals surface area contributed by atoms with Crippen molar-refractivity contribution in [1.82, 2.24) is 9.97 Å². The van der Waals surface area contributed by atoms with Crippen LogP contribution in [0.25, 0.3) is 10.4 Å². The molecule has 3 aromatic rings. The predicted molar refractivity (Wildman–Crippen MR) is 76.3 cm³/mol. The van der Waals surface area contributed by atoms with Crippen LogP contribution in [0.4, 0.5) is 14.6 Å². The SMILES string of the molecule is Nc1nc(SCc2cccc(F)c2F)nc2oc(=O)sc12. The molecule has 0 unspecified atom stereocenters. The third-order valence-electron chi connectivity index (χ3n) is 2.59. The van der Waals surface area contributed by atoms with E-state index in [1.165, 1.54) is 12.1 Å². The summed E-state index contributed by atoms with van der Waals surface area (Å²) in [4.78, 5) is 18.7. The summed E-state index contributed by atoms with van der Waals surface area (Å²) in [5, 5.41) is 0.227. The molecule has 2 N–H and O–H groups in total. The van der Waals surface area contributed by atoms with Crippen molar-refractivity contribution >= 4 is 39.3 Å². The summed E-state index contributed by atoms with van der Waals surface area (Å²) in [5.41, 5.74) is 5.99. The van der Waals surface area contributed by atoms with E-state index in [0.29, 0.717) is 4.70 Å². The normalized spacial score (nSPS) is 11.1. The lowest BCUT2D eigenvalue weighted by Crippen LogP contribution is -1.96. The highest BCUT2D eigenvalue weighted by Gasteiger charge is 2.13. The highest BCUT2D eigenvalue weighted by molar-refractivity contribution is 7.98. The summed E-state index contributed by atoms with van der Waals surface area (Å²) in [6, 6.07) is 3.94. The van der Waals surface area contributed by atoms with Crippen LogP contribution >= 0.6 is 23.1 Å². The third kappa shape index (κ3) is 2.74. The van der Waals surface area contributed by atoms with Gasteiger partial charge in [-0.05, 0) is 17.4 Å². The summed E-state index contributed by atoms with van der Waals surface area (Å²) in [5.74, 6) is -1.56. The van der Waals surface area contributed by atoms with Gasteiger partial charge < -0.3 is 10.2 Å². The number of aromatic nitrogens is 2. The summed E-state index contributed by atoms with van der Waals surface area (Å²) in [6.07, 6.45) is 0. The van der Waals surface area contributed by atoms with E-state index in [4.69, 9.17) is 10.2 Å². The van der Waals surface area contributed by atoms with Gasteiger partial charge in [-0.2, -0.15) is 4.98 Å². The minimum Gasteiger partial charge on any atom is -0.395 e. The molecule has 0 aliphatic carbocycles. The fourth-order valence-electron chi connectivity index (χ4n) is 1.64. The first-order valence-corrected chi connectivity index (χ1v) is 7.47. The average Bonchev–Trinajstić information content (AvgIpc) is 2.81. The van der Waals surface area contributed by atoms with Gasteiger partial charge in [0.2, 0.25) is 5.71 Å². The van der Waals surface area contributed by atoms with Crippen LogP contribution in [0.1, 0.15) is 5.56 Å². The highest BCUT2D eigenvalue weighted by atomic mass is 32.2. The number of nitrogens with zero attached hydrogens (tertiary/aromatic N) is 2. The molecule has 0 radical (unpaired) electrons. The Morgan fingerprint density at radius 2 is 2.14 bits per heavy atom. The molecule has 1 aromatic carbocycles. The van der Waals surface area contributed by atoms with Gasteiger partial charge in [0.25, 0.3) is 0 Å². The number of thioether (sulfide) groups is 1. The van der Waals surface area contributed by atoms with E-state index in [2.05, 4.69) is 9.97 Å². The number of hydrogen-bond donors (Lipinski definition) is 1. The van der Waals surface area contributed by atoms with E-state index in [0.717, 1.165) is 29.2 Å². The van der Waals surface area contributed by atoms with E-state index < -0.39 is 16.6 Å². The molecule has 2 heterocycles. The second-order valence-corrected chi connectivity index (χ2v) is 5.87. The predicted octanol–water partition coefficient (Wildman–Crippen LogP) is 2.80. The van der Waals surface area contributed by atoms with E-state index in [9.17, 15) is 13.6 Å². The maximum atomic E-state index is 13.5. The van der Waals surface area contributed by atoms with Crippen molar-refractivity contribution in [3.05, 3.63) is 45.1 Å². The van der Waals surface area contributed by atoms with E-state index in [1.807, 2.05) is 0 Å². The van der Waals surface area contributed by atoms with Crippen LogP contribution in [-0.2, 0) is 5.75 Å². The van der Waals surface area contributed by atoms with Crippen molar-refractivity contribution in [1.29, 1.82) is 0 Å². The number of nitrogens with two attached hydrogens (primary N) is 1. The van der Waals surface area contributed by atoms with Gasteiger partial charge in [-0.3, -0.25) is 0 Å². The van der Waals surface area contributed by atoms with Gasteiger partial charge in [0.15, 0.2) is 16.8 Å². The van der Waals surface area contributed by atoms with Crippen LogP contribution in [0.3, 0.4) is 0 Å². The Bertz CT molecular complexity index is 879. The highest BCUT2D eigenvalue weighted by Crippen LogP contribution is 2.27. The number of halogens is 2. The van der Waals surface area contributed by atoms with Crippen LogP contribution in [-0.4, -0.2) is 9.97 Å². The molecular weight excluding hydrogens is 320 g/mol. The number of hydrogen-bond acceptors (Lipinski definition) is 7. The van der Waals surface area contributed by atoms with Crippen LogP contribution in [0.5, 0.6) is 0 Å². The van der Waals surface area contributed by atoms with Gasteiger partial charge in [-0.15, -0.1) is 0 Å². The third-order valence-corrected chi connectivity index (χ3v) is 4.33. The minimum atomic E-state index is -0.909. The molecule has 0 aliphatic rings. The molecule has 0 spiro atoms. The Labute approximate surface area is 124 Å². The molecular formula is C12H7F2N3O2S2. The molecule has 3 rings (SSSR count). The van der Waals surface area contributed by atoms with Crippen molar-refractivity contribution in [3.63, 3.8) is 0 Å². The molecule has 0 fully saturated rings. The summed E-state index contributed by atoms with van der Waals surface area (Å²) < 4.78 is 31.9. The minimum absolute atomic E-state index is 0.0970. The van der Waals surface area contributed by atoms with Crippen LogP contribution < -0.4 is 10.7 Å². The Kier molecular flexibility index (Phi) is 3.60. The molecule has 108 valence electrons. The number of benzene rings is 1. The molecule has 0 aliphatic heterocycles. The zero-order chi connectivity index (χ0) is 15.0. The quantitative estimate of drug-likeness (QED) is 0.588. The fourth-order valence-corrected chi connectivity index (χ4v) is 3.07. The number of nitrogen functional groups attached to an aromatic ring is 1. The molecule has 0 saturated carbocycles. The first-order valence-electron chi connectivity index (χ1n) is 5.67. The standard InChI is InChI=1S/C12H7F2N3O2S2/c13-6-3-1-2-5(7(6)14)4-20-11-16-9(15)8-10(17-11)19-12(18)21-8/h1-3H,4H2,(H2,15,16,17). The van der Waals surface area contributed by atoms with E-state index >= 15 is 0 Å². The van der Waals surface area contributed by atoms with Gasteiger partial charge in [0.1, 0.15) is 10.5 Å². The van der Waals surface area contributed by atoms with E-state index in [-0.39, 0.29) is 28.0 Å². The van der Waals surface area contributed by atoms with Gasteiger partial charge in [0, 0.05) is 11.3 Å². The lowest BCUT2D eigenvalue weighted by Gasteiger charge is -2.03. The number of fused-ring (bicyclic) bond motifs is 1. The molecule has 5 nitrogen and oxygen atoms in total. The Hall–Kier alpha value is -2.00. The maximum absolute atomic E-state index is 13.5. The van der Waals surface area contributed by atoms with Crippen LogP contribution in [0.2, 0.25) is 0 Å². The largest absolute Gasteiger partial charge is 0.397 e. The molecule has 2 aromatic heterocycles. The zero-order valence-corrected chi connectivity index (χ0v) is 11.9. The average molecular weight is 327 g/mol. The maximum Gasteiger partial charge on any atom is 0.397 e. The van der Waals surface area contributed by atoms with Crippen molar-refractivity contribution < 1.29 is 13.2 Å². The lowest BCUT2D eigenvalue weighted by molar-refractivity contribution is 0.502. The zero-order valence-electron chi connectivity index (χ0n) is 10.3. The van der Waals surface area contributed by atoms with Crippen LogP contribution in [0.15, 0.2) is 32.6 Å². The Morgan fingerprint density at radius 1 is 1.33 bits per heavy atom.